The lowest BCUT2D eigenvalue weighted by Gasteiger charge is -2.46. The third-order valence-electron chi connectivity index (χ3n) is 7.25. The largest absolute Gasteiger partial charge is 0.462 e. The number of anilines is 1. The molecule has 1 aromatic heterocycles. The highest BCUT2D eigenvalue weighted by atomic mass is 79.9. The van der Waals surface area contributed by atoms with Crippen molar-refractivity contribution in [3.8, 4) is 5.75 Å². The second kappa shape index (κ2) is 5.69. The Hall–Kier alpha value is -2.20. The van der Waals surface area contributed by atoms with Crippen LogP contribution in [0, 0.1) is 0 Å². The van der Waals surface area contributed by atoms with E-state index in [2.05, 4.69) is 84.2 Å². The first-order chi connectivity index (χ1) is 13.9. The zero-order valence-corrected chi connectivity index (χ0v) is 18.6. The van der Waals surface area contributed by atoms with Gasteiger partial charge < -0.3 is 14.1 Å². The normalized spacial score (nSPS) is 23.8. The summed E-state index contributed by atoms with van der Waals surface area (Å²) in [5, 5.41) is 1.24. The van der Waals surface area contributed by atoms with Gasteiger partial charge in [0.25, 0.3) is 0 Å². The minimum absolute atomic E-state index is 0.198. The van der Waals surface area contributed by atoms with E-state index < -0.39 is 5.72 Å². The van der Waals surface area contributed by atoms with Crippen LogP contribution in [0.5, 0.6) is 5.75 Å². The van der Waals surface area contributed by atoms with Crippen molar-refractivity contribution in [2.75, 3.05) is 11.9 Å². The lowest BCUT2D eigenvalue weighted by atomic mass is 9.76. The molecular formula is C25H24BrNO2. The van der Waals surface area contributed by atoms with Crippen LogP contribution in [0.1, 0.15) is 49.1 Å². The first-order valence-corrected chi connectivity index (χ1v) is 11.2. The number of halogens is 1. The van der Waals surface area contributed by atoms with Gasteiger partial charge in [0.1, 0.15) is 17.1 Å². The fourth-order valence-electron chi connectivity index (χ4n) is 5.66. The topological polar surface area (TPSA) is 25.6 Å². The SMILES string of the molecule is CN1c2ccccc2C(C)(C)[C@]12C=Cc1c(c(Br)cc3oc4c(c13)CCCC4)O2. The Labute approximate surface area is 179 Å². The fraction of sp³-hybridized carbons (Fsp3) is 0.360. The molecule has 148 valence electrons. The van der Waals surface area contributed by atoms with Crippen LogP contribution in [0.2, 0.25) is 0 Å². The van der Waals surface area contributed by atoms with Crippen LogP contribution in [0.3, 0.4) is 0 Å². The summed E-state index contributed by atoms with van der Waals surface area (Å²) in [7, 11) is 2.13. The van der Waals surface area contributed by atoms with E-state index in [1.165, 1.54) is 35.0 Å². The van der Waals surface area contributed by atoms with Crippen molar-refractivity contribution in [1.82, 2.24) is 0 Å². The number of hydrogen-bond acceptors (Lipinski definition) is 3. The summed E-state index contributed by atoms with van der Waals surface area (Å²) in [6, 6.07) is 10.7. The molecule has 3 aliphatic rings. The highest BCUT2D eigenvalue weighted by molar-refractivity contribution is 9.10. The van der Waals surface area contributed by atoms with Gasteiger partial charge in [-0.25, -0.2) is 0 Å². The summed E-state index contributed by atoms with van der Waals surface area (Å²) < 4.78 is 14.1. The third-order valence-corrected chi connectivity index (χ3v) is 7.84. The zero-order valence-electron chi connectivity index (χ0n) is 17.0. The van der Waals surface area contributed by atoms with Gasteiger partial charge >= 0.3 is 0 Å². The molecule has 4 heteroatoms. The maximum atomic E-state index is 6.94. The van der Waals surface area contributed by atoms with E-state index in [4.69, 9.17) is 9.15 Å². The van der Waals surface area contributed by atoms with Crippen LogP contribution in [0.4, 0.5) is 5.69 Å². The first kappa shape index (κ1) is 17.6. The smallest absolute Gasteiger partial charge is 0.211 e. The van der Waals surface area contributed by atoms with Gasteiger partial charge in [-0.3, -0.25) is 0 Å². The molecule has 3 heterocycles. The van der Waals surface area contributed by atoms with Gasteiger partial charge in [0, 0.05) is 35.7 Å². The average molecular weight is 450 g/mol. The second-order valence-corrected chi connectivity index (χ2v) is 9.87. The zero-order chi connectivity index (χ0) is 20.0. The Bertz CT molecular complexity index is 1210. The van der Waals surface area contributed by atoms with Crippen molar-refractivity contribution in [1.29, 1.82) is 0 Å². The second-order valence-electron chi connectivity index (χ2n) is 9.02. The van der Waals surface area contributed by atoms with Crippen molar-refractivity contribution in [3.05, 3.63) is 63.3 Å². The van der Waals surface area contributed by atoms with E-state index in [0.717, 1.165) is 40.0 Å². The van der Waals surface area contributed by atoms with Gasteiger partial charge in [-0.2, -0.15) is 0 Å². The summed E-state index contributed by atoms with van der Waals surface area (Å²) >= 11 is 3.78. The number of nitrogens with zero attached hydrogens (tertiary/aromatic N) is 1. The Balaban J connectivity index is 1.58. The molecule has 0 unspecified atom stereocenters. The molecule has 0 amide bonds. The fourth-order valence-corrected chi connectivity index (χ4v) is 6.16. The lowest BCUT2D eigenvalue weighted by molar-refractivity contribution is 0.0575. The predicted octanol–water partition coefficient (Wildman–Crippen LogP) is 6.60. The number of furan rings is 1. The number of ether oxygens (including phenoxy) is 1. The summed E-state index contributed by atoms with van der Waals surface area (Å²) in [5.41, 5.74) is 5.26. The summed E-state index contributed by atoms with van der Waals surface area (Å²) in [4.78, 5) is 2.28. The van der Waals surface area contributed by atoms with E-state index in [0.29, 0.717) is 0 Å². The molecule has 29 heavy (non-hydrogen) atoms. The minimum Gasteiger partial charge on any atom is -0.462 e. The molecule has 2 aromatic carbocycles. The van der Waals surface area contributed by atoms with E-state index in [1.807, 2.05) is 0 Å². The molecule has 6 rings (SSSR count). The summed E-state index contributed by atoms with van der Waals surface area (Å²) in [6.45, 7) is 4.55. The van der Waals surface area contributed by atoms with E-state index in [1.54, 1.807) is 0 Å². The average Bonchev–Trinajstić information content (AvgIpc) is 3.17. The number of aryl methyl sites for hydroxylation is 2. The van der Waals surface area contributed by atoms with E-state index in [-0.39, 0.29) is 5.41 Å². The molecule has 2 aliphatic heterocycles. The van der Waals surface area contributed by atoms with Crippen molar-refractivity contribution >= 4 is 38.7 Å². The number of likely N-dealkylation sites (N-methyl/N-ethyl adjacent to an activating group) is 1. The van der Waals surface area contributed by atoms with Crippen LogP contribution in [0.15, 0.2) is 45.3 Å². The number of hydrogen-bond donors (Lipinski definition) is 0. The molecule has 0 saturated carbocycles. The molecule has 0 fully saturated rings. The Kier molecular flexibility index (Phi) is 3.46. The molecule has 1 spiro atoms. The Morgan fingerprint density at radius 2 is 1.90 bits per heavy atom. The number of para-hydroxylation sites is 1. The van der Waals surface area contributed by atoms with E-state index >= 15 is 0 Å². The molecule has 1 atom stereocenters. The van der Waals surface area contributed by atoms with Gasteiger partial charge in [-0.15, -0.1) is 0 Å². The number of benzene rings is 2. The van der Waals surface area contributed by atoms with Crippen LogP contribution in [-0.2, 0) is 18.3 Å². The highest BCUT2D eigenvalue weighted by Gasteiger charge is 2.57. The van der Waals surface area contributed by atoms with Crippen LogP contribution in [0.25, 0.3) is 17.0 Å². The van der Waals surface area contributed by atoms with Crippen molar-refractivity contribution < 1.29 is 9.15 Å². The monoisotopic (exact) mass is 449 g/mol. The van der Waals surface area contributed by atoms with Crippen molar-refractivity contribution in [2.45, 2.75) is 50.7 Å². The highest BCUT2D eigenvalue weighted by Crippen LogP contribution is 2.56. The Morgan fingerprint density at radius 3 is 2.72 bits per heavy atom. The molecule has 3 aromatic rings. The van der Waals surface area contributed by atoms with Crippen LogP contribution < -0.4 is 9.64 Å². The van der Waals surface area contributed by atoms with Crippen LogP contribution >= 0.6 is 15.9 Å². The van der Waals surface area contributed by atoms with Gasteiger partial charge in [-0.1, -0.05) is 18.2 Å². The molecule has 0 saturated heterocycles. The molecule has 0 bridgehead atoms. The van der Waals surface area contributed by atoms with Gasteiger partial charge in [0.05, 0.1) is 9.89 Å². The maximum absolute atomic E-state index is 6.94. The van der Waals surface area contributed by atoms with Gasteiger partial charge in [0.15, 0.2) is 0 Å². The predicted molar refractivity (Wildman–Crippen MR) is 121 cm³/mol. The molecular weight excluding hydrogens is 426 g/mol. The van der Waals surface area contributed by atoms with Crippen molar-refractivity contribution in [3.63, 3.8) is 0 Å². The Morgan fingerprint density at radius 1 is 1.10 bits per heavy atom. The lowest BCUT2D eigenvalue weighted by Crippen LogP contribution is -2.58. The maximum Gasteiger partial charge on any atom is 0.211 e. The summed E-state index contributed by atoms with van der Waals surface area (Å²) in [5.74, 6) is 2.08. The minimum atomic E-state index is -0.566. The standard InChI is InChI=1S/C25H24BrNO2/c1-24(2)17-9-5-6-10-19(17)27(3)25(24)13-12-16-22-15-8-4-7-11-20(15)28-21(22)14-18(26)23(16)29-25/h5-6,9-10,12-14H,4,7-8,11H2,1-3H3/t25-/m1/s1. The molecule has 3 nitrogen and oxygen atoms in total. The van der Waals surface area contributed by atoms with Crippen LogP contribution in [-0.4, -0.2) is 12.8 Å². The molecule has 1 aliphatic carbocycles. The molecule has 0 N–H and O–H groups in total. The van der Waals surface area contributed by atoms with Crippen molar-refractivity contribution in [2.24, 2.45) is 0 Å². The number of fused-ring (bicyclic) bond motifs is 6. The van der Waals surface area contributed by atoms with E-state index in [9.17, 15) is 0 Å². The van der Waals surface area contributed by atoms with Gasteiger partial charge in [0.2, 0.25) is 5.72 Å². The molecule has 0 radical (unpaired) electrons. The number of rotatable bonds is 0. The quantitative estimate of drug-likeness (QED) is 0.386. The van der Waals surface area contributed by atoms with Gasteiger partial charge in [-0.05, 0) is 78.9 Å². The third kappa shape index (κ3) is 2.08. The summed E-state index contributed by atoms with van der Waals surface area (Å²) in [6.07, 6.45) is 9.08. The first-order valence-electron chi connectivity index (χ1n) is 10.4.